The van der Waals surface area contributed by atoms with Gasteiger partial charge in [-0.05, 0) is 37.0 Å². The third-order valence-electron chi connectivity index (χ3n) is 5.76. The molecule has 0 aliphatic carbocycles. The third-order valence-corrected chi connectivity index (χ3v) is 5.76. The summed E-state index contributed by atoms with van der Waals surface area (Å²) in [6, 6.07) is 3.89. The molecule has 0 aliphatic rings. The topological polar surface area (TPSA) is 55.2 Å². The van der Waals surface area contributed by atoms with Gasteiger partial charge in [0, 0.05) is 12.7 Å². The quantitative estimate of drug-likeness (QED) is 0.232. The van der Waals surface area contributed by atoms with E-state index < -0.39 is 0 Å². The molecule has 2 aromatic rings. The summed E-state index contributed by atoms with van der Waals surface area (Å²) in [6.07, 6.45) is 16.6. The van der Waals surface area contributed by atoms with Gasteiger partial charge in [-0.2, -0.15) is 0 Å². The highest BCUT2D eigenvalue weighted by Crippen LogP contribution is 2.37. The first-order valence-corrected chi connectivity index (χ1v) is 11.5. The zero-order valence-electron chi connectivity index (χ0n) is 18.6. The van der Waals surface area contributed by atoms with Gasteiger partial charge in [0.15, 0.2) is 6.29 Å². The van der Waals surface area contributed by atoms with Crippen molar-refractivity contribution in [3.05, 3.63) is 35.3 Å². The number of aldehydes is 1. The van der Waals surface area contributed by atoms with Crippen LogP contribution in [0.5, 0.6) is 0 Å². The molecule has 1 atom stereocenters. The number of aromatic amines is 1. The molecule has 4 nitrogen and oxygen atoms in total. The van der Waals surface area contributed by atoms with Crippen LogP contribution in [0.25, 0.3) is 11.3 Å². The van der Waals surface area contributed by atoms with Crippen LogP contribution in [0, 0.1) is 0 Å². The van der Waals surface area contributed by atoms with E-state index in [4.69, 9.17) is 9.15 Å². The Morgan fingerprint density at radius 3 is 2.34 bits per heavy atom. The summed E-state index contributed by atoms with van der Waals surface area (Å²) in [6.45, 7) is 4.46. The molecule has 0 fully saturated rings. The number of nitrogens with one attached hydrogen (secondary N) is 1. The predicted octanol–water partition coefficient (Wildman–Crippen LogP) is 7.65. The van der Waals surface area contributed by atoms with Gasteiger partial charge in [0.2, 0.25) is 0 Å². The Kier molecular flexibility index (Phi) is 10.9. The van der Waals surface area contributed by atoms with E-state index in [0.717, 1.165) is 54.6 Å². The monoisotopic (exact) mass is 401 g/mol. The van der Waals surface area contributed by atoms with Crippen molar-refractivity contribution in [1.82, 2.24) is 4.98 Å². The number of ether oxygens (including phenoxy) is 1. The fraction of sp³-hybridized carbons (Fsp3) is 0.640. The standard InChI is InChI=1S/C25H39NO3/c1-4-6-8-10-11-13-16-23(28-3)25-24(22-17-14-18-29-22)20(21(19-27)26-25)15-12-9-7-5-2/h14,17-19,23,26H,4-13,15-16H2,1-3H3. The average molecular weight is 402 g/mol. The van der Waals surface area contributed by atoms with Gasteiger partial charge in [-0.1, -0.05) is 71.6 Å². The molecule has 29 heavy (non-hydrogen) atoms. The van der Waals surface area contributed by atoms with E-state index >= 15 is 0 Å². The largest absolute Gasteiger partial charge is 0.464 e. The lowest BCUT2D eigenvalue weighted by atomic mass is 9.96. The van der Waals surface area contributed by atoms with Gasteiger partial charge in [-0.3, -0.25) is 4.79 Å². The van der Waals surface area contributed by atoms with Crippen LogP contribution in [-0.2, 0) is 11.2 Å². The molecule has 2 rings (SSSR count). The van der Waals surface area contributed by atoms with Crippen molar-refractivity contribution >= 4 is 6.29 Å². The molecule has 0 spiro atoms. The second-order valence-corrected chi connectivity index (χ2v) is 7.99. The summed E-state index contributed by atoms with van der Waals surface area (Å²) in [5.41, 5.74) is 3.77. The molecule has 0 aliphatic heterocycles. The summed E-state index contributed by atoms with van der Waals surface area (Å²) >= 11 is 0. The molecule has 162 valence electrons. The minimum atomic E-state index is -0.0515. The minimum Gasteiger partial charge on any atom is -0.464 e. The van der Waals surface area contributed by atoms with Gasteiger partial charge in [0.1, 0.15) is 5.76 Å². The summed E-state index contributed by atoms with van der Waals surface area (Å²) in [4.78, 5) is 15.2. The lowest BCUT2D eigenvalue weighted by Crippen LogP contribution is -2.04. The SMILES string of the molecule is CCCCCCCCC(OC)c1[nH]c(C=O)c(CCCCCC)c1-c1ccco1. The van der Waals surface area contributed by atoms with Crippen LogP contribution in [0.3, 0.4) is 0 Å². The maximum absolute atomic E-state index is 11.8. The van der Waals surface area contributed by atoms with E-state index in [0.29, 0.717) is 5.69 Å². The highest BCUT2D eigenvalue weighted by molar-refractivity contribution is 5.82. The number of aromatic nitrogens is 1. The smallest absolute Gasteiger partial charge is 0.166 e. The normalized spacial score (nSPS) is 12.4. The van der Waals surface area contributed by atoms with Gasteiger partial charge < -0.3 is 14.1 Å². The Labute approximate surface area is 176 Å². The summed E-state index contributed by atoms with van der Waals surface area (Å²) in [7, 11) is 1.76. The third kappa shape index (κ3) is 6.88. The van der Waals surface area contributed by atoms with Crippen molar-refractivity contribution in [2.45, 2.75) is 97.0 Å². The van der Waals surface area contributed by atoms with Gasteiger partial charge >= 0.3 is 0 Å². The van der Waals surface area contributed by atoms with Crippen molar-refractivity contribution in [2.75, 3.05) is 7.11 Å². The molecule has 0 bridgehead atoms. The molecule has 2 heterocycles. The average Bonchev–Trinajstić information content (AvgIpc) is 3.38. The zero-order chi connectivity index (χ0) is 20.9. The highest BCUT2D eigenvalue weighted by atomic mass is 16.5. The molecular formula is C25H39NO3. The zero-order valence-corrected chi connectivity index (χ0v) is 18.6. The van der Waals surface area contributed by atoms with E-state index in [1.807, 2.05) is 12.1 Å². The van der Waals surface area contributed by atoms with Gasteiger partial charge in [0.05, 0.1) is 23.8 Å². The Bertz CT molecular complexity index is 687. The van der Waals surface area contributed by atoms with Gasteiger partial charge in [-0.25, -0.2) is 0 Å². The minimum absolute atomic E-state index is 0.0515. The van der Waals surface area contributed by atoms with E-state index in [-0.39, 0.29) is 6.10 Å². The lowest BCUT2D eigenvalue weighted by Gasteiger charge is -2.16. The van der Waals surface area contributed by atoms with Crippen molar-refractivity contribution in [1.29, 1.82) is 0 Å². The number of hydrogen-bond acceptors (Lipinski definition) is 3. The molecule has 0 amide bonds. The van der Waals surface area contributed by atoms with Crippen LogP contribution in [0.1, 0.15) is 112 Å². The van der Waals surface area contributed by atoms with E-state index in [2.05, 4.69) is 18.8 Å². The molecule has 0 aromatic carbocycles. The van der Waals surface area contributed by atoms with E-state index in [1.165, 1.54) is 51.4 Å². The first-order chi connectivity index (χ1) is 14.3. The van der Waals surface area contributed by atoms with Gasteiger partial charge in [0.25, 0.3) is 0 Å². The Hall–Kier alpha value is -1.81. The molecule has 0 saturated carbocycles. The molecule has 0 radical (unpaired) electrons. The molecule has 2 aromatic heterocycles. The summed E-state index contributed by atoms with van der Waals surface area (Å²) in [5.74, 6) is 0.819. The summed E-state index contributed by atoms with van der Waals surface area (Å²) < 4.78 is 11.6. The van der Waals surface area contributed by atoms with Crippen molar-refractivity contribution < 1.29 is 13.9 Å². The Morgan fingerprint density at radius 1 is 1.03 bits per heavy atom. The first kappa shape index (κ1) is 23.5. The molecule has 0 saturated heterocycles. The molecule has 1 unspecified atom stereocenters. The number of hydrogen-bond donors (Lipinski definition) is 1. The number of carbonyl (C=O) groups excluding carboxylic acids is 1. The summed E-state index contributed by atoms with van der Waals surface area (Å²) in [5, 5.41) is 0. The molecule has 1 N–H and O–H groups in total. The van der Waals surface area contributed by atoms with Crippen LogP contribution in [0.15, 0.2) is 22.8 Å². The number of methoxy groups -OCH3 is 1. The lowest BCUT2D eigenvalue weighted by molar-refractivity contribution is 0.0901. The number of rotatable bonds is 16. The molecular weight excluding hydrogens is 362 g/mol. The van der Waals surface area contributed by atoms with Gasteiger partial charge in [-0.15, -0.1) is 0 Å². The van der Waals surface area contributed by atoms with Crippen molar-refractivity contribution in [2.24, 2.45) is 0 Å². The second-order valence-electron chi connectivity index (χ2n) is 7.99. The predicted molar refractivity (Wildman–Crippen MR) is 119 cm³/mol. The van der Waals surface area contributed by atoms with E-state index in [9.17, 15) is 4.79 Å². The van der Waals surface area contributed by atoms with Crippen molar-refractivity contribution in [3.8, 4) is 11.3 Å². The number of unbranched alkanes of at least 4 members (excludes halogenated alkanes) is 8. The van der Waals surface area contributed by atoms with Crippen LogP contribution in [0.4, 0.5) is 0 Å². The van der Waals surface area contributed by atoms with Crippen LogP contribution in [0.2, 0.25) is 0 Å². The second kappa shape index (κ2) is 13.4. The maximum Gasteiger partial charge on any atom is 0.166 e. The highest BCUT2D eigenvalue weighted by Gasteiger charge is 2.25. The van der Waals surface area contributed by atoms with E-state index in [1.54, 1.807) is 13.4 Å². The first-order valence-electron chi connectivity index (χ1n) is 11.5. The fourth-order valence-corrected chi connectivity index (χ4v) is 4.10. The van der Waals surface area contributed by atoms with Crippen LogP contribution in [-0.4, -0.2) is 18.4 Å². The Morgan fingerprint density at radius 2 is 1.72 bits per heavy atom. The van der Waals surface area contributed by atoms with Crippen molar-refractivity contribution in [3.63, 3.8) is 0 Å². The maximum atomic E-state index is 11.8. The molecule has 4 heteroatoms. The van der Waals surface area contributed by atoms with Crippen LogP contribution >= 0.6 is 0 Å². The Balaban J connectivity index is 2.19. The number of carbonyl (C=O) groups is 1. The fourth-order valence-electron chi connectivity index (χ4n) is 4.10. The van der Waals surface area contributed by atoms with Crippen LogP contribution < -0.4 is 0 Å². The number of furan rings is 1. The number of H-pyrrole nitrogens is 1.